The minimum Gasteiger partial charge on any atom is -0.381 e. The summed E-state index contributed by atoms with van der Waals surface area (Å²) in [6.07, 6.45) is 3.10. The first-order chi connectivity index (χ1) is 8.84. The number of hydrogen-bond acceptors (Lipinski definition) is 5. The normalized spacial score (nSPS) is 19.2. The van der Waals surface area contributed by atoms with Crippen molar-refractivity contribution < 1.29 is 8.42 Å². The topological polar surface area (TPSA) is 84.5 Å². The van der Waals surface area contributed by atoms with Gasteiger partial charge >= 0.3 is 0 Å². The minimum absolute atomic E-state index is 0.0236. The Bertz CT molecular complexity index is 526. The molecule has 2 rings (SSSR count). The molecule has 8 heteroatoms. The lowest BCUT2D eigenvalue weighted by Crippen LogP contribution is -2.44. The van der Waals surface area contributed by atoms with Crippen molar-refractivity contribution in [2.45, 2.75) is 23.9 Å². The fourth-order valence-corrected chi connectivity index (χ4v) is 4.05. The van der Waals surface area contributed by atoms with Gasteiger partial charge in [0.05, 0.1) is 6.33 Å². The molecule has 2 heterocycles. The summed E-state index contributed by atoms with van der Waals surface area (Å²) in [4.78, 5) is 6.05. The average Bonchev–Trinajstić information content (AvgIpc) is 2.69. The molecule has 1 aliphatic heterocycles. The Morgan fingerprint density at radius 1 is 1.37 bits per heavy atom. The van der Waals surface area contributed by atoms with Crippen LogP contribution in [-0.4, -0.2) is 60.4 Å². The zero-order valence-electron chi connectivity index (χ0n) is 11.6. The molecule has 7 nitrogen and oxygen atoms in total. The summed E-state index contributed by atoms with van der Waals surface area (Å²) in [6.45, 7) is 1.82. The van der Waals surface area contributed by atoms with Gasteiger partial charge in [0.1, 0.15) is 0 Å². The largest absolute Gasteiger partial charge is 0.381 e. The van der Waals surface area contributed by atoms with E-state index in [1.165, 1.54) is 15.2 Å². The molecule has 19 heavy (non-hydrogen) atoms. The number of imidazole rings is 1. The van der Waals surface area contributed by atoms with Crippen molar-refractivity contribution in [1.82, 2.24) is 18.8 Å². The van der Waals surface area contributed by atoms with Crippen LogP contribution in [0.5, 0.6) is 0 Å². The molecule has 1 aromatic rings. The number of piperidine rings is 1. The van der Waals surface area contributed by atoms with Gasteiger partial charge in [-0.15, -0.1) is 0 Å². The molecule has 0 aromatic carbocycles. The Labute approximate surface area is 114 Å². The lowest BCUT2D eigenvalue weighted by Gasteiger charge is -2.34. The predicted octanol–water partition coefficient (Wildman–Crippen LogP) is -0.283. The Morgan fingerprint density at radius 3 is 2.42 bits per heavy atom. The van der Waals surface area contributed by atoms with Gasteiger partial charge in [-0.3, -0.25) is 0 Å². The number of aryl methyl sites for hydroxylation is 1. The fourth-order valence-electron chi connectivity index (χ4n) is 2.44. The number of rotatable bonds is 3. The number of anilines is 1. The Kier molecular flexibility index (Phi) is 3.84. The van der Waals surface area contributed by atoms with Crippen molar-refractivity contribution in [2.75, 3.05) is 32.9 Å². The SMILES string of the molecule is CN1CCC(N(C)S(=O)(=O)c2c(N)ncn2C)CC1. The predicted molar refractivity (Wildman–Crippen MR) is 73.1 cm³/mol. The Hall–Kier alpha value is -1.12. The van der Waals surface area contributed by atoms with Gasteiger partial charge < -0.3 is 15.2 Å². The quantitative estimate of drug-likeness (QED) is 0.826. The van der Waals surface area contributed by atoms with Crippen LogP contribution in [0.2, 0.25) is 0 Å². The van der Waals surface area contributed by atoms with E-state index in [1.807, 2.05) is 7.05 Å². The highest BCUT2D eigenvalue weighted by Gasteiger charge is 2.33. The van der Waals surface area contributed by atoms with E-state index in [4.69, 9.17) is 5.73 Å². The first-order valence-corrected chi connectivity index (χ1v) is 7.71. The summed E-state index contributed by atoms with van der Waals surface area (Å²) in [5.74, 6) is 0.0577. The molecule has 0 bridgehead atoms. The van der Waals surface area contributed by atoms with Crippen LogP contribution in [0.15, 0.2) is 11.4 Å². The van der Waals surface area contributed by atoms with Crippen LogP contribution in [0, 0.1) is 0 Å². The molecule has 108 valence electrons. The maximum absolute atomic E-state index is 12.6. The van der Waals surface area contributed by atoms with Crippen molar-refractivity contribution in [3.8, 4) is 0 Å². The highest BCUT2D eigenvalue weighted by Crippen LogP contribution is 2.24. The third-order valence-electron chi connectivity index (χ3n) is 3.74. The molecule has 0 spiro atoms. The van der Waals surface area contributed by atoms with Gasteiger partial charge in [-0.1, -0.05) is 0 Å². The van der Waals surface area contributed by atoms with Gasteiger partial charge in [0, 0.05) is 20.1 Å². The summed E-state index contributed by atoms with van der Waals surface area (Å²) < 4.78 is 28.1. The van der Waals surface area contributed by atoms with Gasteiger partial charge in [0.15, 0.2) is 10.8 Å². The van der Waals surface area contributed by atoms with Gasteiger partial charge in [-0.25, -0.2) is 13.4 Å². The number of sulfonamides is 1. The van der Waals surface area contributed by atoms with Crippen molar-refractivity contribution in [3.63, 3.8) is 0 Å². The van der Waals surface area contributed by atoms with Crippen LogP contribution in [0.1, 0.15) is 12.8 Å². The summed E-state index contributed by atoms with van der Waals surface area (Å²) >= 11 is 0. The fraction of sp³-hybridized carbons (Fsp3) is 0.727. The molecule has 1 saturated heterocycles. The maximum Gasteiger partial charge on any atom is 0.262 e. The van der Waals surface area contributed by atoms with Crippen LogP contribution in [0.4, 0.5) is 5.82 Å². The second-order valence-corrected chi connectivity index (χ2v) is 7.01. The van der Waals surface area contributed by atoms with Gasteiger partial charge in [0.25, 0.3) is 10.0 Å². The number of hydrogen-bond donors (Lipinski definition) is 1. The van der Waals surface area contributed by atoms with Crippen LogP contribution in [0.25, 0.3) is 0 Å². The van der Waals surface area contributed by atoms with Gasteiger partial charge in [0.2, 0.25) is 0 Å². The minimum atomic E-state index is -3.58. The monoisotopic (exact) mass is 287 g/mol. The molecule has 0 amide bonds. The second kappa shape index (κ2) is 5.10. The lowest BCUT2D eigenvalue weighted by atomic mass is 10.1. The van der Waals surface area contributed by atoms with Gasteiger partial charge in [-0.2, -0.15) is 4.31 Å². The first kappa shape index (κ1) is 14.3. The molecule has 1 aromatic heterocycles. The van der Waals surface area contributed by atoms with Crippen molar-refractivity contribution in [1.29, 1.82) is 0 Å². The van der Waals surface area contributed by atoms with E-state index in [-0.39, 0.29) is 16.9 Å². The summed E-state index contributed by atoms with van der Waals surface area (Å²) in [7, 11) is 1.72. The van der Waals surface area contributed by atoms with Crippen molar-refractivity contribution in [2.24, 2.45) is 7.05 Å². The Balaban J connectivity index is 2.25. The molecule has 0 unspecified atom stereocenters. The summed E-state index contributed by atoms with van der Waals surface area (Å²) in [5.41, 5.74) is 5.67. The van der Waals surface area contributed by atoms with E-state index in [9.17, 15) is 8.42 Å². The number of nitrogens with zero attached hydrogens (tertiary/aromatic N) is 4. The number of nitrogen functional groups attached to an aromatic ring is 1. The summed E-state index contributed by atoms with van der Waals surface area (Å²) in [6, 6.07) is 0.0236. The standard InChI is InChI=1S/C11H21N5O2S/c1-14-6-4-9(5-7-14)16(3)19(17,18)11-10(12)13-8-15(11)2/h8-9H,4-7,12H2,1-3H3. The second-order valence-electron chi connectivity index (χ2n) is 5.10. The van der Waals surface area contributed by atoms with E-state index in [0.29, 0.717) is 0 Å². The highest BCUT2D eigenvalue weighted by molar-refractivity contribution is 7.89. The zero-order valence-corrected chi connectivity index (χ0v) is 12.4. The average molecular weight is 287 g/mol. The lowest BCUT2D eigenvalue weighted by molar-refractivity contribution is 0.197. The molecule has 0 aliphatic carbocycles. The molecule has 0 radical (unpaired) electrons. The number of nitrogens with two attached hydrogens (primary N) is 1. The number of aromatic nitrogens is 2. The van der Waals surface area contributed by atoms with E-state index < -0.39 is 10.0 Å². The Morgan fingerprint density at radius 2 is 1.95 bits per heavy atom. The van der Waals surface area contributed by atoms with Crippen LogP contribution in [0.3, 0.4) is 0 Å². The van der Waals surface area contributed by atoms with Gasteiger partial charge in [-0.05, 0) is 33.0 Å². The molecule has 1 fully saturated rings. The van der Waals surface area contributed by atoms with E-state index >= 15 is 0 Å². The molecule has 0 atom stereocenters. The highest BCUT2D eigenvalue weighted by atomic mass is 32.2. The van der Waals surface area contributed by atoms with Crippen molar-refractivity contribution in [3.05, 3.63) is 6.33 Å². The first-order valence-electron chi connectivity index (χ1n) is 6.27. The summed E-state index contributed by atoms with van der Waals surface area (Å²) in [5, 5.41) is 0.0777. The third-order valence-corrected chi connectivity index (χ3v) is 5.78. The maximum atomic E-state index is 12.6. The van der Waals surface area contributed by atoms with Crippen LogP contribution < -0.4 is 5.73 Å². The third kappa shape index (κ3) is 2.60. The van der Waals surface area contributed by atoms with Crippen LogP contribution >= 0.6 is 0 Å². The van der Waals surface area contributed by atoms with E-state index in [1.54, 1.807) is 14.1 Å². The molecular formula is C11H21N5O2S. The smallest absolute Gasteiger partial charge is 0.262 e. The molecule has 0 saturated carbocycles. The van der Waals surface area contributed by atoms with E-state index in [2.05, 4.69) is 9.88 Å². The van der Waals surface area contributed by atoms with Crippen LogP contribution in [-0.2, 0) is 17.1 Å². The molecule has 1 aliphatic rings. The zero-order chi connectivity index (χ0) is 14.2. The van der Waals surface area contributed by atoms with E-state index in [0.717, 1.165) is 25.9 Å². The number of likely N-dealkylation sites (tertiary alicyclic amines) is 1. The van der Waals surface area contributed by atoms with Crippen molar-refractivity contribution >= 4 is 15.8 Å². The molecular weight excluding hydrogens is 266 g/mol. The molecule has 2 N–H and O–H groups in total.